The summed E-state index contributed by atoms with van der Waals surface area (Å²) in [5, 5.41) is 0. The minimum absolute atomic E-state index is 0.0765. The Bertz CT molecular complexity index is 456. The van der Waals surface area contributed by atoms with Gasteiger partial charge < -0.3 is 15.4 Å². The van der Waals surface area contributed by atoms with Gasteiger partial charge in [0.05, 0.1) is 0 Å². The van der Waals surface area contributed by atoms with Crippen LogP contribution in [-0.4, -0.2) is 36.0 Å². The zero-order chi connectivity index (χ0) is 14.5. The minimum atomic E-state index is 0.0765. The summed E-state index contributed by atoms with van der Waals surface area (Å²) in [5.74, 6) is 0.816. The number of carbonyl (C=O) groups is 1. The molecule has 1 unspecified atom stereocenters. The van der Waals surface area contributed by atoms with E-state index in [-0.39, 0.29) is 18.6 Å². The molecule has 1 aliphatic rings. The molecule has 0 bridgehead atoms. The molecule has 1 fully saturated rings. The Morgan fingerprint density at radius 2 is 2.25 bits per heavy atom. The van der Waals surface area contributed by atoms with Crippen LogP contribution in [0.1, 0.15) is 32.3 Å². The third-order valence-corrected chi connectivity index (χ3v) is 3.47. The molecule has 0 spiro atoms. The van der Waals surface area contributed by atoms with Crippen LogP contribution in [0.5, 0.6) is 5.75 Å². The van der Waals surface area contributed by atoms with Gasteiger partial charge in [0, 0.05) is 18.6 Å². The first-order valence-electron chi connectivity index (χ1n) is 7.37. The molecule has 2 N–H and O–H groups in total. The van der Waals surface area contributed by atoms with Gasteiger partial charge in [0.1, 0.15) is 5.75 Å². The van der Waals surface area contributed by atoms with Crippen LogP contribution in [0, 0.1) is 0 Å². The van der Waals surface area contributed by atoms with Crippen molar-refractivity contribution in [2.75, 3.05) is 13.2 Å². The lowest BCUT2D eigenvalue weighted by Gasteiger charge is -2.20. The molecule has 0 aromatic heterocycles. The predicted molar refractivity (Wildman–Crippen MR) is 79.7 cm³/mol. The quantitative estimate of drug-likeness (QED) is 0.828. The maximum atomic E-state index is 12.1. The van der Waals surface area contributed by atoms with Crippen molar-refractivity contribution in [1.82, 2.24) is 4.90 Å². The summed E-state index contributed by atoms with van der Waals surface area (Å²) in [6.07, 6.45) is 3.07. The highest BCUT2D eigenvalue weighted by atomic mass is 16.5. The summed E-state index contributed by atoms with van der Waals surface area (Å²) < 4.78 is 5.62. The van der Waals surface area contributed by atoms with E-state index in [0.29, 0.717) is 6.04 Å². The Kier molecular flexibility index (Phi) is 5.01. The molecular weight excluding hydrogens is 252 g/mol. The molecule has 0 saturated heterocycles. The molecule has 4 nitrogen and oxygen atoms in total. The van der Waals surface area contributed by atoms with E-state index in [4.69, 9.17) is 10.5 Å². The van der Waals surface area contributed by atoms with Gasteiger partial charge in [-0.2, -0.15) is 0 Å². The Morgan fingerprint density at radius 3 is 2.85 bits per heavy atom. The number of hydrogen-bond acceptors (Lipinski definition) is 3. The first kappa shape index (κ1) is 14.9. The van der Waals surface area contributed by atoms with Crippen LogP contribution in [0.2, 0.25) is 0 Å². The van der Waals surface area contributed by atoms with Crippen molar-refractivity contribution in [2.45, 2.75) is 45.2 Å². The van der Waals surface area contributed by atoms with Gasteiger partial charge in [-0.3, -0.25) is 4.79 Å². The van der Waals surface area contributed by atoms with Crippen molar-refractivity contribution in [1.29, 1.82) is 0 Å². The van der Waals surface area contributed by atoms with E-state index < -0.39 is 0 Å². The molecule has 1 aromatic rings. The van der Waals surface area contributed by atoms with Gasteiger partial charge in [-0.15, -0.1) is 0 Å². The monoisotopic (exact) mass is 276 g/mol. The molecule has 20 heavy (non-hydrogen) atoms. The fraction of sp³-hybridized carbons (Fsp3) is 0.562. The fourth-order valence-electron chi connectivity index (χ4n) is 2.39. The molecule has 4 heteroatoms. The molecule has 1 saturated carbocycles. The van der Waals surface area contributed by atoms with Crippen LogP contribution >= 0.6 is 0 Å². The average molecular weight is 276 g/mol. The standard InChI is InChI=1S/C16H24N2O2/c1-3-18(14-7-8-14)16(19)11-20-15-6-4-5-13(10-15)9-12(2)17/h4-6,10,12,14H,3,7-9,11,17H2,1-2H3. The third kappa shape index (κ3) is 4.23. The summed E-state index contributed by atoms with van der Waals surface area (Å²) in [4.78, 5) is 14.0. The molecule has 1 aromatic carbocycles. The number of amides is 1. The van der Waals surface area contributed by atoms with Gasteiger partial charge in [0.15, 0.2) is 6.61 Å². The second-order valence-corrected chi connectivity index (χ2v) is 5.53. The zero-order valence-corrected chi connectivity index (χ0v) is 12.3. The van der Waals surface area contributed by atoms with Crippen molar-refractivity contribution >= 4 is 5.91 Å². The van der Waals surface area contributed by atoms with E-state index in [2.05, 4.69) is 0 Å². The normalized spacial score (nSPS) is 15.8. The van der Waals surface area contributed by atoms with Crippen molar-refractivity contribution in [3.05, 3.63) is 29.8 Å². The van der Waals surface area contributed by atoms with Gasteiger partial charge in [-0.05, 0) is 50.8 Å². The van der Waals surface area contributed by atoms with Gasteiger partial charge >= 0.3 is 0 Å². The fourth-order valence-corrected chi connectivity index (χ4v) is 2.39. The summed E-state index contributed by atoms with van der Waals surface area (Å²) in [6, 6.07) is 8.38. The average Bonchev–Trinajstić information content (AvgIpc) is 3.21. The van der Waals surface area contributed by atoms with Crippen LogP contribution in [0.15, 0.2) is 24.3 Å². The van der Waals surface area contributed by atoms with E-state index in [1.807, 2.05) is 43.0 Å². The van der Waals surface area contributed by atoms with Crippen LogP contribution in [0.3, 0.4) is 0 Å². The zero-order valence-electron chi connectivity index (χ0n) is 12.3. The molecule has 110 valence electrons. The van der Waals surface area contributed by atoms with E-state index in [9.17, 15) is 4.79 Å². The topological polar surface area (TPSA) is 55.6 Å². The number of benzene rings is 1. The molecular formula is C16H24N2O2. The van der Waals surface area contributed by atoms with E-state index in [1.54, 1.807) is 0 Å². The Morgan fingerprint density at radius 1 is 1.50 bits per heavy atom. The number of likely N-dealkylation sites (N-methyl/N-ethyl adjacent to an activating group) is 1. The highest BCUT2D eigenvalue weighted by molar-refractivity contribution is 5.78. The molecule has 1 amide bonds. The van der Waals surface area contributed by atoms with E-state index >= 15 is 0 Å². The third-order valence-electron chi connectivity index (χ3n) is 3.47. The van der Waals surface area contributed by atoms with Crippen molar-refractivity contribution in [3.8, 4) is 5.75 Å². The van der Waals surface area contributed by atoms with Crippen LogP contribution in [0.25, 0.3) is 0 Å². The Balaban J connectivity index is 1.88. The summed E-state index contributed by atoms with van der Waals surface area (Å²) in [7, 11) is 0. The molecule has 0 heterocycles. The van der Waals surface area contributed by atoms with Crippen LogP contribution in [0.4, 0.5) is 0 Å². The number of carbonyl (C=O) groups excluding carboxylic acids is 1. The number of ether oxygens (including phenoxy) is 1. The number of nitrogens with zero attached hydrogens (tertiary/aromatic N) is 1. The van der Waals surface area contributed by atoms with Crippen molar-refractivity contribution < 1.29 is 9.53 Å². The lowest BCUT2D eigenvalue weighted by Crippen LogP contribution is -2.36. The second-order valence-electron chi connectivity index (χ2n) is 5.53. The van der Waals surface area contributed by atoms with E-state index in [1.165, 1.54) is 0 Å². The number of rotatable bonds is 7. The summed E-state index contributed by atoms with van der Waals surface area (Å²) in [5.41, 5.74) is 6.93. The summed E-state index contributed by atoms with van der Waals surface area (Å²) >= 11 is 0. The Hall–Kier alpha value is -1.55. The van der Waals surface area contributed by atoms with Crippen molar-refractivity contribution in [2.24, 2.45) is 5.73 Å². The molecule has 0 aliphatic heterocycles. The highest BCUT2D eigenvalue weighted by Crippen LogP contribution is 2.26. The number of nitrogens with two attached hydrogens (primary N) is 1. The molecule has 2 rings (SSSR count). The summed E-state index contributed by atoms with van der Waals surface area (Å²) in [6.45, 7) is 4.87. The lowest BCUT2D eigenvalue weighted by atomic mass is 10.1. The molecule has 1 aliphatic carbocycles. The maximum Gasteiger partial charge on any atom is 0.260 e. The van der Waals surface area contributed by atoms with Gasteiger partial charge in [-0.25, -0.2) is 0 Å². The maximum absolute atomic E-state index is 12.1. The lowest BCUT2D eigenvalue weighted by molar-refractivity contribution is -0.133. The molecule has 1 atom stereocenters. The second kappa shape index (κ2) is 6.75. The highest BCUT2D eigenvalue weighted by Gasteiger charge is 2.31. The largest absolute Gasteiger partial charge is 0.484 e. The van der Waals surface area contributed by atoms with E-state index in [0.717, 1.165) is 37.1 Å². The predicted octanol–water partition coefficient (Wildman–Crippen LogP) is 1.97. The van der Waals surface area contributed by atoms with Crippen LogP contribution in [-0.2, 0) is 11.2 Å². The van der Waals surface area contributed by atoms with Gasteiger partial charge in [0.2, 0.25) is 0 Å². The Labute approximate surface area is 120 Å². The first-order chi connectivity index (χ1) is 9.60. The van der Waals surface area contributed by atoms with Crippen LogP contribution < -0.4 is 10.5 Å². The number of hydrogen-bond donors (Lipinski definition) is 1. The first-order valence-corrected chi connectivity index (χ1v) is 7.37. The van der Waals surface area contributed by atoms with Crippen molar-refractivity contribution in [3.63, 3.8) is 0 Å². The molecule has 0 radical (unpaired) electrons. The van der Waals surface area contributed by atoms with Gasteiger partial charge in [-0.1, -0.05) is 12.1 Å². The SMILES string of the molecule is CCN(C(=O)COc1cccc(CC(C)N)c1)C1CC1. The minimum Gasteiger partial charge on any atom is -0.484 e. The van der Waals surface area contributed by atoms with Gasteiger partial charge in [0.25, 0.3) is 5.91 Å². The smallest absolute Gasteiger partial charge is 0.260 e.